The number of aromatic nitrogens is 10. The first-order valence-corrected chi connectivity index (χ1v) is 52.0. The molecule has 4 saturated carbocycles. The average molecular weight is 2090 g/mol. The summed E-state index contributed by atoms with van der Waals surface area (Å²) in [4.78, 5) is 65.4. The molecule has 0 spiro atoms. The molecule has 800 valence electrons. The number of fused-ring (bicyclic) bond motifs is 2. The van der Waals surface area contributed by atoms with Crippen molar-refractivity contribution in [1.29, 1.82) is 0 Å². The molecular weight excluding hydrogens is 1950 g/mol. The van der Waals surface area contributed by atoms with E-state index in [9.17, 15) is 73.6 Å². The number of aromatic amines is 1. The van der Waals surface area contributed by atoms with Gasteiger partial charge in [-0.05, 0) is 238 Å². The van der Waals surface area contributed by atoms with Gasteiger partial charge < -0.3 is 48.4 Å². The van der Waals surface area contributed by atoms with E-state index in [1.807, 2.05) is 102 Å². The molecule has 0 amide bonds. The number of nitro benzene ring substituents is 1. The van der Waals surface area contributed by atoms with E-state index in [0.29, 0.717) is 60.7 Å². The normalized spacial score (nSPS) is 16.1. The molecule has 5 aliphatic rings. The summed E-state index contributed by atoms with van der Waals surface area (Å²) in [6.07, 6.45) is 36.9. The summed E-state index contributed by atoms with van der Waals surface area (Å²) < 4.78 is 159. The second-order valence-electron chi connectivity index (χ2n) is 39.4. The van der Waals surface area contributed by atoms with Gasteiger partial charge in [0.25, 0.3) is 5.69 Å². The number of allylic oxidation sites excluding steroid dienone is 2. The number of carbonyl (C=O) groups excluding carboxylic acids is 4. The minimum atomic E-state index is -5.12. The molecule has 3 atom stereocenters. The average Bonchev–Trinajstić information content (AvgIpc) is 1.22. The van der Waals surface area contributed by atoms with Crippen LogP contribution >= 0.6 is 6.89 Å². The smallest absolute Gasteiger partial charge is 0.416 e. The maximum atomic E-state index is 13.5. The number of halogens is 9. The Morgan fingerprint density at radius 1 is 0.517 bits per heavy atom. The highest BCUT2D eigenvalue weighted by atomic mass is 31.2. The van der Waals surface area contributed by atoms with E-state index in [0.717, 1.165) is 108 Å². The largest absolute Gasteiger partial charge is 0.505 e. The number of hydrogen-bond donors (Lipinski definition) is 3. The first-order valence-electron chi connectivity index (χ1n) is 50.2. The zero-order valence-corrected chi connectivity index (χ0v) is 87.1. The molecule has 4 aliphatic carbocycles. The summed E-state index contributed by atoms with van der Waals surface area (Å²) in [5.74, 6) is 2.90. The number of aryl methyl sites for hydroxylation is 1. The molecule has 0 radical (unpaired) electrons. The third kappa shape index (κ3) is 33.6. The zero-order chi connectivity index (χ0) is 108. The van der Waals surface area contributed by atoms with E-state index in [1.165, 1.54) is 144 Å². The van der Waals surface area contributed by atoms with Crippen LogP contribution in [0.25, 0.3) is 44.3 Å². The fraction of sp³-hybridized carbons (Fsp3) is 0.434. The van der Waals surface area contributed by atoms with Crippen LogP contribution in [0.5, 0.6) is 0 Å². The van der Waals surface area contributed by atoms with Crippen molar-refractivity contribution in [3.05, 3.63) is 287 Å². The van der Waals surface area contributed by atoms with Gasteiger partial charge in [-0.15, -0.1) is 10.2 Å². The molecule has 12 aromatic rings. The summed E-state index contributed by atoms with van der Waals surface area (Å²) in [5, 5.41) is 55.3. The van der Waals surface area contributed by atoms with Crippen molar-refractivity contribution in [3.63, 3.8) is 0 Å². The van der Waals surface area contributed by atoms with Gasteiger partial charge in [0, 0.05) is 109 Å². The van der Waals surface area contributed by atoms with Gasteiger partial charge in [-0.3, -0.25) is 38.6 Å². The zero-order valence-electron chi connectivity index (χ0n) is 86.2. The van der Waals surface area contributed by atoms with Crippen LogP contribution < -0.4 is 21.2 Å². The number of esters is 2. The summed E-state index contributed by atoms with van der Waals surface area (Å²) in [6, 6.07) is 43.6. The Hall–Kier alpha value is -13.2. The Balaban J connectivity index is 0.000000182. The summed E-state index contributed by atoms with van der Waals surface area (Å²) in [6.45, 7) is 11.0. The van der Waals surface area contributed by atoms with Crippen molar-refractivity contribution < 1.29 is 102 Å². The molecule has 26 nitrogen and oxygen atoms in total. The number of carboxylic acids is 1. The number of ether oxygens (including phenoxy) is 6. The number of carbonyl (C=O) groups is 5. The van der Waals surface area contributed by atoms with Crippen molar-refractivity contribution >= 4 is 87.0 Å². The van der Waals surface area contributed by atoms with Crippen LogP contribution in [0.1, 0.15) is 239 Å². The Morgan fingerprint density at radius 3 is 1.32 bits per heavy atom. The van der Waals surface area contributed by atoms with Crippen LogP contribution in [0.4, 0.5) is 45.2 Å². The van der Waals surface area contributed by atoms with E-state index in [2.05, 4.69) is 144 Å². The Kier molecular flexibility index (Phi) is 44.5. The maximum absolute atomic E-state index is 13.5. The third-order valence-corrected chi connectivity index (χ3v) is 30.4. The number of methoxy groups -OCH3 is 4. The van der Waals surface area contributed by atoms with E-state index in [4.69, 9.17) is 33.5 Å². The molecule has 1 saturated heterocycles. The van der Waals surface area contributed by atoms with Gasteiger partial charge in [0.15, 0.2) is 24.8 Å². The van der Waals surface area contributed by atoms with Crippen LogP contribution in [0.15, 0.2) is 238 Å². The topological polar surface area (TPSA) is 324 Å². The fourth-order valence-electron chi connectivity index (χ4n) is 18.7. The molecule has 0 bridgehead atoms. The fourth-order valence-corrected chi connectivity index (χ4v) is 22.2. The van der Waals surface area contributed by atoms with E-state index < -0.39 is 81.0 Å². The van der Waals surface area contributed by atoms with Gasteiger partial charge in [-0.25, -0.2) is 4.79 Å². The van der Waals surface area contributed by atoms with Crippen LogP contribution in [-0.2, 0) is 85.2 Å². The number of nitrogens with one attached hydrogen (secondary N) is 2. The molecule has 149 heavy (non-hydrogen) atoms. The van der Waals surface area contributed by atoms with Crippen molar-refractivity contribution in [1.82, 2.24) is 54.8 Å². The number of H-pyrrole nitrogens is 1. The van der Waals surface area contributed by atoms with Crippen LogP contribution in [0.3, 0.4) is 0 Å². The molecule has 6 aromatic carbocycles. The van der Waals surface area contributed by atoms with Gasteiger partial charge in [-0.1, -0.05) is 180 Å². The van der Waals surface area contributed by atoms with E-state index in [-0.39, 0.29) is 66.3 Å². The molecule has 36 heteroatoms. The van der Waals surface area contributed by atoms with E-state index in [1.54, 1.807) is 55.3 Å². The molecule has 17 rings (SSSR count). The highest BCUT2D eigenvalue weighted by Gasteiger charge is 2.49. The molecule has 6 aromatic heterocycles. The minimum absolute atomic E-state index is 0.0244. The Labute approximate surface area is 863 Å². The summed E-state index contributed by atoms with van der Waals surface area (Å²) >= 11 is 0. The highest BCUT2D eigenvalue weighted by molar-refractivity contribution is 7.94. The number of alkyl halides is 9. The number of hydrogen-bond acceptors (Lipinski definition) is 20. The summed E-state index contributed by atoms with van der Waals surface area (Å²) in [7, 11) is 6.21. The van der Waals surface area contributed by atoms with Gasteiger partial charge in [-0.2, -0.15) is 59.9 Å². The predicted molar refractivity (Wildman–Crippen MR) is 559 cm³/mol. The first kappa shape index (κ1) is 118. The second-order valence-corrected chi connectivity index (χ2v) is 42.6. The lowest BCUT2D eigenvalue weighted by atomic mass is 9.77. The van der Waals surface area contributed by atoms with Crippen molar-refractivity contribution in [2.24, 2.45) is 34.5 Å². The van der Waals surface area contributed by atoms with Gasteiger partial charge in [0.05, 0.1) is 95.6 Å². The lowest BCUT2D eigenvalue weighted by molar-refractivity contribution is -0.384. The minimum Gasteiger partial charge on any atom is -0.505 e. The number of rotatable bonds is 25. The van der Waals surface area contributed by atoms with Crippen molar-refractivity contribution in [3.8, 4) is 22.3 Å². The SMILES string of the molecule is CC(C)(C)C(=O)OCn1ccc2c(-c3cn[nH]c3)cnnc21.CC(C)(C)C(=O)OCn1ccc2c(-c3cnn([C@H](CC=O)C4CCCCC4)c3)cnnc21.CO/C=C/C1CCCCC1.CO/C=C/C1CCCCC1.COC(c1cc(C)cc(C(F)(F)F)c1)(c1cc(C(F)(F)F)cc(C(F)(F)F)c1)[C@H]1CCCN1.COC=P(c1ccccc1)(c1ccccc1)c1ccccc1.O=C(O)c1ccc([N+](=O)[O-])cc1.O=CC1CCCCC1. The number of carboxylic acid groups (broad SMARTS) is 1. The monoisotopic (exact) mass is 2090 g/mol. The molecule has 1 unspecified atom stereocenters. The number of nitrogens with zero attached hydrogens (tertiary/aromatic N) is 10. The van der Waals surface area contributed by atoms with Gasteiger partial charge >= 0.3 is 36.4 Å². The Morgan fingerprint density at radius 2 is 0.940 bits per heavy atom. The highest BCUT2D eigenvalue weighted by Crippen LogP contribution is 2.48. The quantitative estimate of drug-likeness (QED) is 0.00910. The maximum Gasteiger partial charge on any atom is 0.416 e. The lowest BCUT2D eigenvalue weighted by Crippen LogP contribution is -2.48. The molecular formula is C113H136F9N12O14P. The lowest BCUT2D eigenvalue weighted by Gasteiger charge is -2.40. The number of benzene rings is 6. The van der Waals surface area contributed by atoms with Crippen molar-refractivity contribution in [2.75, 3.05) is 35.0 Å². The van der Waals surface area contributed by atoms with E-state index >= 15 is 0 Å². The van der Waals surface area contributed by atoms with Crippen LogP contribution in [-0.4, -0.2) is 137 Å². The van der Waals surface area contributed by atoms with Gasteiger partial charge in [0.1, 0.15) is 18.2 Å². The number of aromatic carboxylic acids is 1. The van der Waals surface area contributed by atoms with Crippen LogP contribution in [0.2, 0.25) is 0 Å². The van der Waals surface area contributed by atoms with Gasteiger partial charge in [0.2, 0.25) is 0 Å². The molecule has 5 fully saturated rings. The number of nitro groups is 1. The summed E-state index contributed by atoms with van der Waals surface area (Å²) in [5.41, 5.74) is -3.01. The standard InChI is InChI=1S/C24H31N5O3.C22H20F9NO.C20H19OP.C15H17N5O2.2C9H16O.C7H5NO4.C7H12O/c1-24(2,3)23(31)32-16-28-11-9-19-20(14-25-27-22(19)28)18-13-26-29(15-18)21(10-12-30)17-7-5-4-6-8-17;1-12-6-13(8-15(7-12)20(23,24)25)19(33-2,18-4-3-5-32-18)14-9-16(21(26,27)28)11-17(10-14)22(29,30)31;1-21-17-22(18-11-5-2-6-12-18,19-13-7-3-8-14-19)20-15-9-4-10-16-20;1-15(2,3)14(21)22-9-20-5-4-11-12(8-18-19-13(11)20)10-6-16-17-7-10;2*1-10-8-7-9-5-3-2-4-6-9;9-7(10)5-1-3-6(4-2-5)8(11)12;8-6-7-4-2-1-3-5-7/h9,11-15,17,21H,4-8,10,16H2,1-3H3;6-11,18,32H,3-5H2,1-2H3;2-17H,1H3;4-8H,9H2,1-3H3,(H,16,17);2*7-9H,2-6H2,1H3;1-4H,(H,9,10);6-7H,1-5H2/b;;;;2*8-7+;;/t21-;18-,19?;;;;;;/m11....../s1. The Bertz CT molecular complexity index is 6120. The third-order valence-electron chi connectivity index (χ3n) is 26.5. The first-order chi connectivity index (χ1) is 71.2. The van der Waals surface area contributed by atoms with Crippen LogP contribution in [0, 0.1) is 51.5 Å². The second kappa shape index (κ2) is 56.4. The molecule has 1 aliphatic heterocycles. The predicted octanol–water partition coefficient (Wildman–Crippen LogP) is 25.5. The number of aldehydes is 2. The number of non-ortho nitro benzene ring substituents is 1. The van der Waals surface area contributed by atoms with Crippen molar-refractivity contribution in [2.45, 2.75) is 246 Å². The molecule has 7 heterocycles. The molecule has 3 N–H and O–H groups in total.